The smallest absolute Gasteiger partial charge is 0.0656 e. The highest BCUT2D eigenvalue weighted by Crippen LogP contribution is 2.52. The van der Waals surface area contributed by atoms with E-state index in [1.54, 1.807) is 0 Å². The van der Waals surface area contributed by atoms with Gasteiger partial charge in [-0.3, -0.25) is 0 Å². The zero-order valence-electron chi connectivity index (χ0n) is 49.8. The summed E-state index contributed by atoms with van der Waals surface area (Å²) in [5.41, 5.74) is 10.5. The summed E-state index contributed by atoms with van der Waals surface area (Å²) >= 11 is 0. The summed E-state index contributed by atoms with van der Waals surface area (Å²) in [5.74, 6) is 0. The highest BCUT2D eigenvalue weighted by molar-refractivity contribution is 6.90. The topological polar surface area (TPSA) is 0 Å². The van der Waals surface area contributed by atoms with E-state index in [1.165, 1.54) is 162 Å². The van der Waals surface area contributed by atoms with E-state index in [0.717, 1.165) is 0 Å². The van der Waals surface area contributed by atoms with E-state index in [0.29, 0.717) is 0 Å². The van der Waals surface area contributed by atoms with Crippen LogP contribution in [0.15, 0.2) is 218 Å². The minimum Gasteiger partial charge on any atom is -0.0656 e. The van der Waals surface area contributed by atoms with Crippen LogP contribution in [0.2, 0.25) is 78.6 Å². The molecule has 0 N–H and O–H groups in total. The lowest BCUT2D eigenvalue weighted by Crippen LogP contribution is -2.37. The van der Waals surface area contributed by atoms with Gasteiger partial charge in [0.25, 0.3) is 0 Å². The van der Waals surface area contributed by atoms with E-state index in [4.69, 9.17) is 0 Å². The zero-order valence-corrected chi connectivity index (χ0v) is 53.8. The van der Waals surface area contributed by atoms with Crippen LogP contribution in [0.4, 0.5) is 0 Å². The van der Waals surface area contributed by atoms with Gasteiger partial charge in [-0.25, -0.2) is 0 Å². The molecule has 0 unspecified atom stereocenters. The first kappa shape index (κ1) is 52.4. The van der Waals surface area contributed by atoms with Gasteiger partial charge in [-0.1, -0.05) is 306 Å². The molecule has 0 nitrogen and oxygen atoms in total. The van der Waals surface area contributed by atoms with E-state index in [2.05, 4.69) is 297 Å². The molecule has 0 aliphatic carbocycles. The second-order valence-electron chi connectivity index (χ2n) is 27.6. The predicted molar refractivity (Wildman–Crippen MR) is 378 cm³/mol. The van der Waals surface area contributed by atoms with Gasteiger partial charge in [0, 0.05) is 0 Å². The lowest BCUT2D eigenvalue weighted by Gasteiger charge is -2.26. The maximum atomic E-state index is 2.61. The van der Waals surface area contributed by atoms with Crippen LogP contribution in [0.5, 0.6) is 0 Å². The molecule has 0 aliphatic rings. The monoisotopic (exact) mass is 1120 g/mol. The quantitative estimate of drug-likeness (QED) is 0.0808. The Morgan fingerprint density at radius 3 is 0.683 bits per heavy atom. The molecule has 0 aromatic heterocycles. The molecule has 0 fully saturated rings. The van der Waals surface area contributed by atoms with Crippen molar-refractivity contribution in [3.05, 3.63) is 218 Å². The normalized spacial score (nSPS) is 12.9. The van der Waals surface area contributed by atoms with Gasteiger partial charge in [-0.2, -0.15) is 0 Å². The highest BCUT2D eigenvalue weighted by Gasteiger charge is 2.29. The third-order valence-corrected chi connectivity index (χ3v) is 26.4. The van der Waals surface area contributed by atoms with E-state index >= 15 is 0 Å². The molecule has 4 heteroatoms. The van der Waals surface area contributed by atoms with Crippen molar-refractivity contribution < 1.29 is 0 Å². The summed E-state index contributed by atoms with van der Waals surface area (Å²) in [7, 11) is -7.14. The maximum Gasteiger partial charge on any atom is 0.0776 e. The van der Waals surface area contributed by atoms with Crippen LogP contribution in [0.3, 0.4) is 0 Å². The van der Waals surface area contributed by atoms with Crippen LogP contribution < -0.4 is 20.7 Å². The van der Waals surface area contributed by atoms with Gasteiger partial charge >= 0.3 is 0 Å². The first-order chi connectivity index (χ1) is 39.2. The van der Waals surface area contributed by atoms with E-state index in [1.807, 2.05) is 0 Å². The van der Waals surface area contributed by atoms with Crippen molar-refractivity contribution in [3.8, 4) is 44.5 Å². The van der Waals surface area contributed by atoms with Crippen LogP contribution in [0.1, 0.15) is 0 Å². The Balaban J connectivity index is 1.13. The Labute approximate surface area is 488 Å². The van der Waals surface area contributed by atoms with Crippen molar-refractivity contribution in [1.82, 2.24) is 0 Å². The minimum absolute atomic E-state index is 1.27. The molecule has 0 amide bonds. The van der Waals surface area contributed by atoms with Gasteiger partial charge in [0.1, 0.15) is 0 Å². The van der Waals surface area contributed by atoms with Crippen molar-refractivity contribution in [3.63, 3.8) is 0 Å². The van der Waals surface area contributed by atoms with Crippen molar-refractivity contribution in [2.24, 2.45) is 0 Å². The first-order valence-corrected chi connectivity index (χ1v) is 43.7. The summed E-state index contributed by atoms with van der Waals surface area (Å²) in [6.45, 7) is 30.0. The predicted octanol–water partition coefficient (Wildman–Crippen LogP) is 20.9. The highest BCUT2D eigenvalue weighted by atomic mass is 28.3. The van der Waals surface area contributed by atoms with Crippen molar-refractivity contribution in [2.75, 3.05) is 0 Å². The second-order valence-corrected chi connectivity index (χ2v) is 47.9. The molecule has 0 radical (unpaired) electrons. The van der Waals surface area contributed by atoms with Gasteiger partial charge < -0.3 is 0 Å². The molecule has 0 saturated carbocycles. The number of hydrogen-bond acceptors (Lipinski definition) is 0. The van der Waals surface area contributed by atoms with E-state index < -0.39 is 32.3 Å². The lowest BCUT2D eigenvalue weighted by atomic mass is 9.81. The third-order valence-electron chi connectivity index (χ3n) is 18.2. The summed E-state index contributed by atoms with van der Waals surface area (Å²) in [5, 5.41) is 29.4. The number of benzene rings is 14. The van der Waals surface area contributed by atoms with Crippen LogP contribution in [-0.2, 0) is 0 Å². The molecule has 82 heavy (non-hydrogen) atoms. The van der Waals surface area contributed by atoms with Crippen LogP contribution >= 0.6 is 0 Å². The Morgan fingerprint density at radius 2 is 0.402 bits per heavy atom. The molecule has 14 aromatic carbocycles. The second kappa shape index (κ2) is 18.9. The first-order valence-electron chi connectivity index (χ1n) is 29.7. The van der Waals surface area contributed by atoms with E-state index in [-0.39, 0.29) is 0 Å². The minimum atomic E-state index is -1.79. The zero-order chi connectivity index (χ0) is 56.8. The van der Waals surface area contributed by atoms with Crippen molar-refractivity contribution in [2.45, 2.75) is 78.6 Å². The van der Waals surface area contributed by atoms with Gasteiger partial charge in [0.05, 0.1) is 32.3 Å². The summed E-state index contributed by atoms with van der Waals surface area (Å²) in [4.78, 5) is 0. The maximum absolute atomic E-state index is 2.61. The largest absolute Gasteiger partial charge is 0.0776 e. The molecule has 14 aromatic rings. The molecule has 0 heterocycles. The number of rotatable bonds is 8. The Morgan fingerprint density at radius 1 is 0.171 bits per heavy atom. The molecule has 0 spiro atoms. The molecular formula is C78H72Si4. The van der Waals surface area contributed by atoms with Crippen molar-refractivity contribution in [1.29, 1.82) is 0 Å². The fraction of sp³-hybridized carbons (Fsp3) is 0.154. The van der Waals surface area contributed by atoms with Crippen LogP contribution in [-0.4, -0.2) is 32.3 Å². The molecule has 400 valence electrons. The number of fused-ring (bicyclic) bond motifs is 11. The Hall–Kier alpha value is -7.71. The van der Waals surface area contributed by atoms with Crippen molar-refractivity contribution >= 4 is 150 Å². The van der Waals surface area contributed by atoms with E-state index in [9.17, 15) is 0 Å². The Bertz CT molecular complexity index is 4700. The van der Waals surface area contributed by atoms with Crippen LogP contribution in [0, 0.1) is 0 Å². The van der Waals surface area contributed by atoms with Gasteiger partial charge in [-0.15, -0.1) is 0 Å². The van der Waals surface area contributed by atoms with Crippen LogP contribution in [0.25, 0.3) is 141 Å². The molecule has 0 bridgehead atoms. The molecule has 14 rings (SSSR count). The summed E-state index contributed by atoms with van der Waals surface area (Å²) in [6.07, 6.45) is 0. The molecule has 0 aliphatic heterocycles. The lowest BCUT2D eigenvalue weighted by molar-refractivity contribution is 1.66. The third kappa shape index (κ3) is 8.47. The average molecular weight is 1120 g/mol. The fourth-order valence-corrected chi connectivity index (χ4v) is 18.4. The summed E-state index contributed by atoms with van der Waals surface area (Å²) in [6, 6.07) is 86.0. The van der Waals surface area contributed by atoms with Gasteiger partial charge in [0.15, 0.2) is 0 Å². The summed E-state index contributed by atoms with van der Waals surface area (Å²) < 4.78 is 0. The fourth-order valence-electron chi connectivity index (χ4n) is 13.7. The number of hydrogen-bond donors (Lipinski definition) is 0. The molecular weight excluding hydrogens is 1050 g/mol. The standard InChI is InChI=1S/C78H72Si4/c1-79(2,3)51-35-39-67-71(45-51)75(65-37-33-53(81(7,8)9)47-73(65)77(67)69-43-49-23-13-15-25-55(49)57-27-17-21-31-61(57)69)63-41-42-64(60-30-20-19-29-59(60)63)76-66-38-34-54(82(10,11)12)48-74(66)78(68-40-36-52(46-72(68)76)80(4,5)6)70-44-50-24-14-16-26-56(50)58-28-18-22-32-62(58)70/h13-48H,1-12H3. The average Bonchev–Trinajstić information content (AvgIpc) is 3.52. The molecule has 0 saturated heterocycles. The van der Waals surface area contributed by atoms with Gasteiger partial charge in [-0.05, 0) is 154 Å². The Kier molecular flexibility index (Phi) is 12.1. The SMILES string of the molecule is C[Si](C)(C)c1ccc2c(-c3cc4ccccc4c4ccccc34)c3cc([Si](C)(C)C)ccc3c(-c3ccc(-c4c5cc([Si](C)(C)C)ccc5c(-c5cc6ccccc6c6ccccc56)c5cc([Si](C)(C)C)ccc45)c4ccccc34)c2c1. The van der Waals surface area contributed by atoms with Gasteiger partial charge in [0.2, 0.25) is 0 Å². The molecule has 0 atom stereocenters.